The van der Waals surface area contributed by atoms with Crippen molar-refractivity contribution in [3.8, 4) is 0 Å². The Labute approximate surface area is 423 Å². The second-order valence-electron chi connectivity index (χ2n) is 20.3. The van der Waals surface area contributed by atoms with Crippen LogP contribution in [0.4, 0.5) is 0 Å². The number of hydrogen-bond donors (Lipinski definition) is 0. The minimum Gasteiger partial charge on any atom is -0.462 e. The molecule has 68 heavy (non-hydrogen) atoms. The number of ether oxygens (including phenoxy) is 3. The fourth-order valence-corrected chi connectivity index (χ4v) is 8.82. The van der Waals surface area contributed by atoms with Crippen molar-refractivity contribution in [1.82, 2.24) is 0 Å². The molecule has 6 nitrogen and oxygen atoms in total. The normalized spacial score (nSPS) is 12.2. The van der Waals surface area contributed by atoms with Crippen LogP contribution < -0.4 is 0 Å². The smallest absolute Gasteiger partial charge is 0.306 e. The SMILES string of the molecule is CCCCCC/C=C\C/C=C\CCCCCCCC(=O)OC(COC(=O)CCCCCCCCCCC/C=C\CCCCCCCCCC)COC(=O)CCCCCCCCCCCCCCC. The van der Waals surface area contributed by atoms with Gasteiger partial charge in [0, 0.05) is 19.3 Å². The lowest BCUT2D eigenvalue weighted by molar-refractivity contribution is -0.167. The van der Waals surface area contributed by atoms with Gasteiger partial charge in [0.1, 0.15) is 13.2 Å². The van der Waals surface area contributed by atoms with Crippen molar-refractivity contribution >= 4 is 17.9 Å². The molecule has 0 saturated heterocycles. The van der Waals surface area contributed by atoms with Crippen molar-refractivity contribution in [2.24, 2.45) is 0 Å². The minimum atomic E-state index is -0.777. The lowest BCUT2D eigenvalue weighted by Crippen LogP contribution is -2.30. The molecular formula is C62H114O6. The van der Waals surface area contributed by atoms with E-state index in [0.717, 1.165) is 83.5 Å². The summed E-state index contributed by atoms with van der Waals surface area (Å²) in [4.78, 5) is 38.2. The summed E-state index contributed by atoms with van der Waals surface area (Å²) in [7, 11) is 0. The van der Waals surface area contributed by atoms with E-state index in [9.17, 15) is 14.4 Å². The molecule has 0 N–H and O–H groups in total. The highest BCUT2D eigenvalue weighted by atomic mass is 16.6. The Hall–Kier alpha value is -2.37. The van der Waals surface area contributed by atoms with Crippen LogP contribution in [0.2, 0.25) is 0 Å². The summed E-state index contributed by atoms with van der Waals surface area (Å²) < 4.78 is 16.9. The first-order valence-corrected chi connectivity index (χ1v) is 30.0. The Bertz CT molecular complexity index is 1140. The van der Waals surface area contributed by atoms with E-state index in [1.807, 2.05) is 0 Å². The van der Waals surface area contributed by atoms with Crippen LogP contribution in [0.1, 0.15) is 323 Å². The van der Waals surface area contributed by atoms with Gasteiger partial charge in [-0.2, -0.15) is 0 Å². The van der Waals surface area contributed by atoms with E-state index in [1.54, 1.807) is 0 Å². The summed E-state index contributed by atoms with van der Waals surface area (Å²) in [5.41, 5.74) is 0. The summed E-state index contributed by atoms with van der Waals surface area (Å²) >= 11 is 0. The zero-order chi connectivity index (χ0) is 49.3. The van der Waals surface area contributed by atoms with Gasteiger partial charge in [-0.3, -0.25) is 14.4 Å². The lowest BCUT2D eigenvalue weighted by Gasteiger charge is -2.18. The van der Waals surface area contributed by atoms with Crippen LogP contribution >= 0.6 is 0 Å². The molecule has 398 valence electrons. The predicted molar refractivity (Wildman–Crippen MR) is 293 cm³/mol. The molecule has 1 atom stereocenters. The third-order valence-corrected chi connectivity index (χ3v) is 13.4. The molecular weight excluding hydrogens is 841 g/mol. The van der Waals surface area contributed by atoms with Crippen LogP contribution in [-0.4, -0.2) is 37.2 Å². The maximum Gasteiger partial charge on any atom is 0.306 e. The molecule has 1 unspecified atom stereocenters. The van der Waals surface area contributed by atoms with E-state index in [2.05, 4.69) is 57.2 Å². The van der Waals surface area contributed by atoms with E-state index in [4.69, 9.17) is 14.2 Å². The molecule has 0 aliphatic heterocycles. The van der Waals surface area contributed by atoms with Crippen LogP contribution in [0.25, 0.3) is 0 Å². The predicted octanol–water partition coefficient (Wildman–Crippen LogP) is 20.0. The van der Waals surface area contributed by atoms with E-state index in [0.29, 0.717) is 19.3 Å². The largest absolute Gasteiger partial charge is 0.462 e. The van der Waals surface area contributed by atoms with Crippen LogP contribution in [0.15, 0.2) is 36.5 Å². The average molecular weight is 956 g/mol. The fraction of sp³-hybridized carbons (Fsp3) is 0.855. The molecule has 0 aromatic rings. The highest BCUT2D eigenvalue weighted by molar-refractivity contribution is 5.71. The van der Waals surface area contributed by atoms with Crippen molar-refractivity contribution in [2.45, 2.75) is 329 Å². The quantitative estimate of drug-likeness (QED) is 0.0262. The second kappa shape index (κ2) is 57.2. The molecule has 0 radical (unpaired) electrons. The van der Waals surface area contributed by atoms with E-state index in [1.165, 1.54) is 199 Å². The number of carbonyl (C=O) groups excluding carboxylic acids is 3. The molecule has 0 aromatic carbocycles. The van der Waals surface area contributed by atoms with Gasteiger partial charge in [-0.25, -0.2) is 0 Å². The van der Waals surface area contributed by atoms with Gasteiger partial charge in [0.25, 0.3) is 0 Å². The molecule has 0 spiro atoms. The lowest BCUT2D eigenvalue weighted by atomic mass is 10.0. The molecule has 0 fully saturated rings. The van der Waals surface area contributed by atoms with Gasteiger partial charge in [-0.05, 0) is 77.0 Å². The number of carbonyl (C=O) groups is 3. The molecule has 0 heterocycles. The van der Waals surface area contributed by atoms with Crippen molar-refractivity contribution < 1.29 is 28.6 Å². The fourth-order valence-electron chi connectivity index (χ4n) is 8.82. The Morgan fingerprint density at radius 1 is 0.294 bits per heavy atom. The summed E-state index contributed by atoms with van der Waals surface area (Å²) in [5.74, 6) is -0.872. The number of hydrogen-bond acceptors (Lipinski definition) is 6. The minimum absolute atomic E-state index is 0.0748. The van der Waals surface area contributed by atoms with Crippen LogP contribution in [0, 0.1) is 0 Å². The average Bonchev–Trinajstić information content (AvgIpc) is 3.34. The maximum absolute atomic E-state index is 12.9. The zero-order valence-corrected chi connectivity index (χ0v) is 45.6. The first-order valence-electron chi connectivity index (χ1n) is 30.0. The number of esters is 3. The highest BCUT2D eigenvalue weighted by Crippen LogP contribution is 2.16. The Morgan fingerprint density at radius 2 is 0.529 bits per heavy atom. The first-order chi connectivity index (χ1) is 33.5. The van der Waals surface area contributed by atoms with Crippen molar-refractivity contribution in [2.75, 3.05) is 13.2 Å². The molecule has 0 bridgehead atoms. The second-order valence-corrected chi connectivity index (χ2v) is 20.3. The van der Waals surface area contributed by atoms with Crippen molar-refractivity contribution in [3.63, 3.8) is 0 Å². The summed E-state index contributed by atoms with van der Waals surface area (Å²) in [6.07, 6.45) is 68.5. The molecule has 0 aliphatic rings. The third-order valence-electron chi connectivity index (χ3n) is 13.4. The van der Waals surface area contributed by atoms with Gasteiger partial charge in [-0.15, -0.1) is 0 Å². The highest BCUT2D eigenvalue weighted by Gasteiger charge is 2.19. The van der Waals surface area contributed by atoms with Gasteiger partial charge >= 0.3 is 17.9 Å². The van der Waals surface area contributed by atoms with Gasteiger partial charge in [-0.1, -0.05) is 263 Å². The van der Waals surface area contributed by atoms with Gasteiger partial charge in [0.05, 0.1) is 0 Å². The maximum atomic E-state index is 12.9. The molecule has 0 amide bonds. The van der Waals surface area contributed by atoms with E-state index >= 15 is 0 Å². The molecule has 0 aliphatic carbocycles. The standard InChI is InChI=1S/C62H114O6/c1-4-7-10-13-16-19-22-25-27-29-30-31-32-33-35-37-40-43-46-49-52-55-61(64)67-58-59(57-66-60(63)54-51-48-45-42-39-36-24-21-18-15-12-9-6-3)68-62(65)56-53-50-47-44-41-38-34-28-26-23-20-17-14-11-8-5-2/h20,23,28-30,34,59H,4-19,21-22,24-27,31-33,35-58H2,1-3H3/b23-20-,30-29-,34-28-. The zero-order valence-electron chi connectivity index (χ0n) is 45.6. The molecule has 0 aromatic heterocycles. The van der Waals surface area contributed by atoms with Crippen LogP contribution in [0.5, 0.6) is 0 Å². The number of rotatable bonds is 55. The topological polar surface area (TPSA) is 78.9 Å². The Balaban J connectivity index is 4.32. The monoisotopic (exact) mass is 955 g/mol. The number of allylic oxidation sites excluding steroid dienone is 6. The van der Waals surface area contributed by atoms with E-state index < -0.39 is 6.10 Å². The Morgan fingerprint density at radius 3 is 0.838 bits per heavy atom. The van der Waals surface area contributed by atoms with Crippen LogP contribution in [-0.2, 0) is 28.6 Å². The van der Waals surface area contributed by atoms with Crippen molar-refractivity contribution in [1.29, 1.82) is 0 Å². The van der Waals surface area contributed by atoms with Crippen LogP contribution in [0.3, 0.4) is 0 Å². The summed E-state index contributed by atoms with van der Waals surface area (Å²) in [6, 6.07) is 0. The summed E-state index contributed by atoms with van der Waals surface area (Å²) in [6.45, 7) is 6.65. The van der Waals surface area contributed by atoms with Gasteiger partial charge in [0.2, 0.25) is 0 Å². The molecule has 6 heteroatoms. The summed E-state index contributed by atoms with van der Waals surface area (Å²) in [5, 5.41) is 0. The van der Waals surface area contributed by atoms with Gasteiger partial charge in [0.15, 0.2) is 6.10 Å². The van der Waals surface area contributed by atoms with Crippen molar-refractivity contribution in [3.05, 3.63) is 36.5 Å². The molecule has 0 rings (SSSR count). The van der Waals surface area contributed by atoms with E-state index in [-0.39, 0.29) is 31.1 Å². The third kappa shape index (κ3) is 54.6. The first kappa shape index (κ1) is 65.6. The Kier molecular flexibility index (Phi) is 55.2. The van der Waals surface area contributed by atoms with Gasteiger partial charge < -0.3 is 14.2 Å². The molecule has 0 saturated carbocycles. The number of unbranched alkanes of at least 4 members (excludes halogenated alkanes) is 38.